The maximum absolute atomic E-state index is 5.64. The number of hydrogen-bond acceptors (Lipinski definition) is 3. The summed E-state index contributed by atoms with van der Waals surface area (Å²) in [6, 6.07) is 5.67. The Hall–Kier alpha value is -1.55. The van der Waals surface area contributed by atoms with Gasteiger partial charge in [0.1, 0.15) is 5.82 Å². The van der Waals surface area contributed by atoms with Crippen LogP contribution in [0, 0.1) is 0 Å². The van der Waals surface area contributed by atoms with Gasteiger partial charge in [-0.2, -0.15) is 0 Å². The normalized spacial score (nSPS) is 10.8. The van der Waals surface area contributed by atoms with E-state index in [1.165, 1.54) is 0 Å². The number of imidazole rings is 1. The highest BCUT2D eigenvalue weighted by Crippen LogP contribution is 2.14. The molecule has 1 aromatic carbocycles. The summed E-state index contributed by atoms with van der Waals surface area (Å²) in [4.78, 5) is 7.56. The number of nitrogens with zero attached hydrogens (tertiary/aromatic N) is 1. The first kappa shape index (κ1) is 8.07. The number of hydrogen-bond donors (Lipinski definition) is 3. The number of nitrogen functional groups attached to an aromatic ring is 1. The van der Waals surface area contributed by atoms with Crippen LogP contribution in [0.2, 0.25) is 0 Å². The van der Waals surface area contributed by atoms with E-state index >= 15 is 0 Å². The first-order chi connectivity index (χ1) is 6.29. The monoisotopic (exact) mass is 176 g/mol. The molecule has 1 aromatic heterocycles. The van der Waals surface area contributed by atoms with Gasteiger partial charge in [0.25, 0.3) is 0 Å². The maximum Gasteiger partial charge on any atom is 0.121 e. The van der Waals surface area contributed by atoms with Gasteiger partial charge in [-0.1, -0.05) is 0 Å². The van der Waals surface area contributed by atoms with Crippen molar-refractivity contribution in [2.75, 3.05) is 12.8 Å². The molecular weight excluding hydrogens is 164 g/mol. The molecule has 68 valence electrons. The Labute approximate surface area is 76.2 Å². The maximum atomic E-state index is 5.64. The minimum absolute atomic E-state index is 0.745. The van der Waals surface area contributed by atoms with Crippen LogP contribution in [-0.2, 0) is 6.54 Å². The highest BCUT2D eigenvalue weighted by Gasteiger charge is 2.00. The molecule has 0 aliphatic rings. The topological polar surface area (TPSA) is 66.7 Å². The van der Waals surface area contributed by atoms with Gasteiger partial charge < -0.3 is 16.0 Å². The molecule has 13 heavy (non-hydrogen) atoms. The molecule has 0 amide bonds. The van der Waals surface area contributed by atoms with Crippen LogP contribution in [-0.4, -0.2) is 17.0 Å². The molecule has 0 unspecified atom stereocenters. The lowest BCUT2D eigenvalue weighted by atomic mass is 10.3. The van der Waals surface area contributed by atoms with Crippen molar-refractivity contribution >= 4 is 16.7 Å². The Morgan fingerprint density at radius 3 is 3.15 bits per heavy atom. The van der Waals surface area contributed by atoms with Crippen molar-refractivity contribution in [3.05, 3.63) is 24.0 Å². The molecule has 0 atom stereocenters. The fraction of sp³-hybridized carbons (Fsp3) is 0.222. The summed E-state index contributed by atoms with van der Waals surface area (Å²) in [6.07, 6.45) is 0. The molecule has 0 fully saturated rings. The molecule has 0 aliphatic carbocycles. The van der Waals surface area contributed by atoms with Crippen LogP contribution < -0.4 is 11.1 Å². The molecule has 0 spiro atoms. The first-order valence-corrected chi connectivity index (χ1v) is 4.18. The van der Waals surface area contributed by atoms with Crippen molar-refractivity contribution in [2.24, 2.45) is 0 Å². The Balaban J connectivity index is 2.49. The molecular formula is C9H12N4. The van der Waals surface area contributed by atoms with Gasteiger partial charge in [-0.05, 0) is 25.2 Å². The molecule has 4 heteroatoms. The van der Waals surface area contributed by atoms with Gasteiger partial charge in [0, 0.05) is 5.69 Å². The quantitative estimate of drug-likeness (QED) is 0.595. The number of H-pyrrole nitrogens is 1. The Bertz CT molecular complexity index is 418. The van der Waals surface area contributed by atoms with Crippen molar-refractivity contribution in [1.29, 1.82) is 0 Å². The van der Waals surface area contributed by atoms with E-state index in [-0.39, 0.29) is 0 Å². The molecule has 4 N–H and O–H groups in total. The molecule has 2 rings (SSSR count). The molecule has 0 radical (unpaired) electrons. The lowest BCUT2D eigenvalue weighted by Gasteiger charge is -1.89. The second-order valence-electron chi connectivity index (χ2n) is 2.99. The van der Waals surface area contributed by atoms with Crippen molar-refractivity contribution in [1.82, 2.24) is 15.3 Å². The number of nitrogens with one attached hydrogen (secondary N) is 2. The van der Waals surface area contributed by atoms with E-state index in [0.29, 0.717) is 0 Å². The zero-order valence-corrected chi connectivity index (χ0v) is 7.46. The smallest absolute Gasteiger partial charge is 0.121 e. The SMILES string of the molecule is CNCc1nc2cc(N)ccc2[nH]1. The van der Waals surface area contributed by atoms with Gasteiger partial charge in [0.15, 0.2) is 0 Å². The average Bonchev–Trinajstić information content (AvgIpc) is 2.46. The number of rotatable bonds is 2. The average molecular weight is 176 g/mol. The predicted octanol–water partition coefficient (Wildman–Crippen LogP) is 0.864. The summed E-state index contributed by atoms with van der Waals surface area (Å²) in [5.74, 6) is 0.933. The van der Waals surface area contributed by atoms with Crippen LogP contribution in [0.1, 0.15) is 5.82 Å². The number of aromatic amines is 1. The minimum atomic E-state index is 0.745. The third-order valence-electron chi connectivity index (χ3n) is 1.90. The second kappa shape index (κ2) is 3.06. The van der Waals surface area contributed by atoms with E-state index in [2.05, 4.69) is 15.3 Å². The number of benzene rings is 1. The van der Waals surface area contributed by atoms with Crippen LogP contribution in [0.3, 0.4) is 0 Å². The summed E-state index contributed by atoms with van der Waals surface area (Å²) in [6.45, 7) is 0.745. The first-order valence-electron chi connectivity index (χ1n) is 4.18. The standard InChI is InChI=1S/C9H12N4/c1-11-5-9-12-7-3-2-6(10)4-8(7)13-9/h2-4,11H,5,10H2,1H3,(H,12,13). The van der Waals surface area contributed by atoms with Gasteiger partial charge in [-0.15, -0.1) is 0 Å². The lowest BCUT2D eigenvalue weighted by molar-refractivity contribution is 0.775. The van der Waals surface area contributed by atoms with Gasteiger partial charge in [-0.25, -0.2) is 4.98 Å². The minimum Gasteiger partial charge on any atom is -0.399 e. The summed E-state index contributed by atoms with van der Waals surface area (Å²) in [5.41, 5.74) is 8.33. The van der Waals surface area contributed by atoms with Gasteiger partial charge in [-0.3, -0.25) is 0 Å². The van der Waals surface area contributed by atoms with Crippen LogP contribution in [0.25, 0.3) is 11.0 Å². The van der Waals surface area contributed by atoms with E-state index in [9.17, 15) is 0 Å². The van der Waals surface area contributed by atoms with E-state index in [1.54, 1.807) is 0 Å². The third kappa shape index (κ3) is 1.48. The molecule has 0 saturated carbocycles. The van der Waals surface area contributed by atoms with Gasteiger partial charge in [0.2, 0.25) is 0 Å². The summed E-state index contributed by atoms with van der Waals surface area (Å²) >= 11 is 0. The van der Waals surface area contributed by atoms with Crippen LogP contribution >= 0.6 is 0 Å². The van der Waals surface area contributed by atoms with Gasteiger partial charge in [0.05, 0.1) is 17.6 Å². The predicted molar refractivity (Wildman–Crippen MR) is 53.3 cm³/mol. The van der Waals surface area contributed by atoms with Crippen molar-refractivity contribution in [2.45, 2.75) is 6.54 Å². The number of fused-ring (bicyclic) bond motifs is 1. The summed E-state index contributed by atoms with van der Waals surface area (Å²) in [5, 5.41) is 3.03. The summed E-state index contributed by atoms with van der Waals surface area (Å²) in [7, 11) is 1.89. The lowest BCUT2D eigenvalue weighted by Crippen LogP contribution is -2.06. The highest BCUT2D eigenvalue weighted by atomic mass is 15.0. The van der Waals surface area contributed by atoms with E-state index in [1.807, 2.05) is 25.2 Å². The van der Waals surface area contributed by atoms with E-state index < -0.39 is 0 Å². The fourth-order valence-electron chi connectivity index (χ4n) is 1.33. The van der Waals surface area contributed by atoms with Crippen LogP contribution in [0.5, 0.6) is 0 Å². The summed E-state index contributed by atoms with van der Waals surface area (Å²) < 4.78 is 0. The molecule has 1 heterocycles. The van der Waals surface area contributed by atoms with Crippen molar-refractivity contribution < 1.29 is 0 Å². The number of anilines is 1. The van der Waals surface area contributed by atoms with Crippen LogP contribution in [0.15, 0.2) is 18.2 Å². The Kier molecular flexibility index (Phi) is 1.90. The number of nitrogens with two attached hydrogens (primary N) is 1. The third-order valence-corrected chi connectivity index (χ3v) is 1.90. The van der Waals surface area contributed by atoms with Crippen molar-refractivity contribution in [3.8, 4) is 0 Å². The molecule has 2 aromatic rings. The Morgan fingerprint density at radius 2 is 2.38 bits per heavy atom. The second-order valence-corrected chi connectivity index (χ2v) is 2.99. The molecule has 0 saturated heterocycles. The largest absolute Gasteiger partial charge is 0.399 e. The fourth-order valence-corrected chi connectivity index (χ4v) is 1.33. The van der Waals surface area contributed by atoms with E-state index in [0.717, 1.165) is 29.1 Å². The highest BCUT2D eigenvalue weighted by molar-refractivity contribution is 5.78. The van der Waals surface area contributed by atoms with E-state index in [4.69, 9.17) is 5.73 Å². The van der Waals surface area contributed by atoms with Crippen LogP contribution in [0.4, 0.5) is 5.69 Å². The van der Waals surface area contributed by atoms with Gasteiger partial charge >= 0.3 is 0 Å². The zero-order valence-electron chi connectivity index (χ0n) is 7.46. The number of aromatic nitrogens is 2. The molecule has 4 nitrogen and oxygen atoms in total. The molecule has 0 bridgehead atoms. The van der Waals surface area contributed by atoms with Crippen molar-refractivity contribution in [3.63, 3.8) is 0 Å². The Morgan fingerprint density at radius 1 is 1.54 bits per heavy atom. The zero-order chi connectivity index (χ0) is 9.26. The molecule has 0 aliphatic heterocycles.